The lowest BCUT2D eigenvalue weighted by Gasteiger charge is -2.23. The molecule has 2 aliphatic rings. The molecule has 7 atom stereocenters. The molecule has 8 nitrogen and oxygen atoms in total. The second-order valence-electron chi connectivity index (χ2n) is 13.0. The van der Waals surface area contributed by atoms with Gasteiger partial charge in [-0.25, -0.2) is 4.79 Å². The summed E-state index contributed by atoms with van der Waals surface area (Å²) in [5, 5.41) is 41.9. The summed E-state index contributed by atoms with van der Waals surface area (Å²) < 4.78 is 11.0. The van der Waals surface area contributed by atoms with Gasteiger partial charge < -0.3 is 29.9 Å². The van der Waals surface area contributed by atoms with E-state index in [0.29, 0.717) is 63.4 Å². The van der Waals surface area contributed by atoms with E-state index in [4.69, 9.17) is 9.47 Å². The highest BCUT2D eigenvalue weighted by atomic mass is 16.5. The van der Waals surface area contributed by atoms with Crippen molar-refractivity contribution in [2.75, 3.05) is 0 Å². The highest BCUT2D eigenvalue weighted by molar-refractivity contribution is 5.91. The van der Waals surface area contributed by atoms with Crippen molar-refractivity contribution in [1.29, 1.82) is 0 Å². The van der Waals surface area contributed by atoms with Crippen LogP contribution < -0.4 is 0 Å². The summed E-state index contributed by atoms with van der Waals surface area (Å²) >= 11 is 0. The summed E-state index contributed by atoms with van der Waals surface area (Å²) in [6, 6.07) is 0. The van der Waals surface area contributed by atoms with Crippen molar-refractivity contribution in [2.45, 2.75) is 198 Å². The smallest absolute Gasteiger partial charge is 0.334 e. The average Bonchev–Trinajstić information content (AvgIpc) is 3.61. The van der Waals surface area contributed by atoms with Crippen LogP contribution in [-0.4, -0.2) is 74.9 Å². The Labute approximate surface area is 260 Å². The van der Waals surface area contributed by atoms with Crippen molar-refractivity contribution in [1.82, 2.24) is 0 Å². The minimum absolute atomic E-state index is 0.0833. The molecule has 2 heterocycles. The molecule has 1 saturated heterocycles. The highest BCUT2D eigenvalue weighted by Gasteiger charge is 2.34. The topological polar surface area (TPSA) is 134 Å². The van der Waals surface area contributed by atoms with Crippen LogP contribution in [0.5, 0.6) is 0 Å². The van der Waals surface area contributed by atoms with Crippen LogP contribution in [0.25, 0.3) is 0 Å². The van der Waals surface area contributed by atoms with E-state index in [0.717, 1.165) is 32.1 Å². The van der Waals surface area contributed by atoms with Gasteiger partial charge in [0.25, 0.3) is 0 Å². The fourth-order valence-corrected chi connectivity index (χ4v) is 6.28. The van der Waals surface area contributed by atoms with Gasteiger partial charge in [-0.2, -0.15) is 0 Å². The van der Waals surface area contributed by atoms with E-state index >= 15 is 0 Å². The summed E-state index contributed by atoms with van der Waals surface area (Å²) in [7, 11) is 0. The zero-order valence-electron chi connectivity index (χ0n) is 27.1. The number of hydrogen-bond donors (Lipinski definition) is 4. The molecule has 1 fully saturated rings. The van der Waals surface area contributed by atoms with Crippen LogP contribution in [-0.2, 0) is 19.1 Å². The lowest BCUT2D eigenvalue weighted by atomic mass is 9.97. The number of esters is 1. The molecule has 0 bridgehead atoms. The highest BCUT2D eigenvalue weighted by Crippen LogP contribution is 2.28. The normalized spacial score (nSPS) is 23.2. The quantitative estimate of drug-likeness (QED) is 0.0668. The zero-order chi connectivity index (χ0) is 31.5. The third-order valence-corrected chi connectivity index (χ3v) is 9.11. The van der Waals surface area contributed by atoms with E-state index in [2.05, 4.69) is 6.92 Å². The van der Waals surface area contributed by atoms with Crippen molar-refractivity contribution in [3.8, 4) is 0 Å². The van der Waals surface area contributed by atoms with Gasteiger partial charge in [-0.1, -0.05) is 77.6 Å². The van der Waals surface area contributed by atoms with Crippen LogP contribution in [0.15, 0.2) is 11.6 Å². The SMILES string of the molecule is CCCCCCCCCCCC[C@@H](O)[C@@H]1CC[C@@H]([C@@H](O)CCC[C@H](O)[C@H](O)CCCCC(=O)CCC2=C[C@H](C)OC2=O)O1. The van der Waals surface area contributed by atoms with Gasteiger partial charge in [-0.15, -0.1) is 0 Å². The van der Waals surface area contributed by atoms with E-state index in [1.165, 1.54) is 51.4 Å². The molecule has 43 heavy (non-hydrogen) atoms. The molecule has 0 aliphatic carbocycles. The van der Waals surface area contributed by atoms with Gasteiger partial charge in [0, 0.05) is 18.4 Å². The minimum Gasteiger partial charge on any atom is -0.455 e. The zero-order valence-corrected chi connectivity index (χ0v) is 27.1. The fourth-order valence-electron chi connectivity index (χ4n) is 6.28. The molecule has 0 aromatic heterocycles. The predicted octanol–water partition coefficient (Wildman–Crippen LogP) is 6.24. The third-order valence-electron chi connectivity index (χ3n) is 9.11. The van der Waals surface area contributed by atoms with Crippen LogP contribution in [0.2, 0.25) is 0 Å². The number of hydrogen-bond acceptors (Lipinski definition) is 8. The lowest BCUT2D eigenvalue weighted by Crippen LogP contribution is -2.31. The Hall–Kier alpha value is -1.32. The molecule has 250 valence electrons. The molecule has 0 spiro atoms. The van der Waals surface area contributed by atoms with Gasteiger partial charge in [-0.05, 0) is 70.8 Å². The van der Waals surface area contributed by atoms with E-state index in [1.807, 2.05) is 0 Å². The predicted molar refractivity (Wildman–Crippen MR) is 169 cm³/mol. The molecule has 4 N–H and O–H groups in total. The number of Topliss-reactive ketones (excluding diaryl/α,β-unsaturated/α-hetero) is 1. The maximum absolute atomic E-state index is 12.1. The van der Waals surface area contributed by atoms with Crippen molar-refractivity contribution >= 4 is 11.8 Å². The average molecular weight is 611 g/mol. The fraction of sp³-hybridized carbons (Fsp3) is 0.886. The van der Waals surface area contributed by atoms with Gasteiger partial charge in [0.1, 0.15) is 11.9 Å². The molecule has 8 heteroatoms. The third kappa shape index (κ3) is 16.0. The van der Waals surface area contributed by atoms with Crippen LogP contribution in [0.1, 0.15) is 155 Å². The number of cyclic esters (lactones) is 1. The molecular weight excluding hydrogens is 548 g/mol. The van der Waals surface area contributed by atoms with Crippen LogP contribution in [0.3, 0.4) is 0 Å². The number of carbonyl (C=O) groups excluding carboxylic acids is 2. The number of ether oxygens (including phenoxy) is 2. The summed E-state index contributed by atoms with van der Waals surface area (Å²) in [6.45, 7) is 4.04. The maximum Gasteiger partial charge on any atom is 0.334 e. The standard InChI is InChI=1S/C35H62O8/c1-3-4-5-6-7-8-9-10-11-12-18-31(39)33-23-24-34(43-33)32(40)20-15-19-30(38)29(37)17-14-13-16-28(36)22-21-27-25-26(2)42-35(27)41/h25-26,29-34,37-40H,3-24H2,1-2H3/t26-,29+,30-,31+,32-,33-,34-/m0/s1. The van der Waals surface area contributed by atoms with Gasteiger partial charge >= 0.3 is 5.97 Å². The van der Waals surface area contributed by atoms with Crippen LogP contribution in [0, 0.1) is 0 Å². The molecule has 0 unspecified atom stereocenters. The Bertz CT molecular complexity index is 799. The second-order valence-corrected chi connectivity index (χ2v) is 13.0. The van der Waals surface area contributed by atoms with Gasteiger partial charge in [-0.3, -0.25) is 4.79 Å². The monoisotopic (exact) mass is 610 g/mol. The molecule has 0 aromatic carbocycles. The Morgan fingerprint density at radius 1 is 0.744 bits per heavy atom. The number of unbranched alkanes of at least 4 members (excludes halogenated alkanes) is 10. The molecule has 2 rings (SSSR count). The summed E-state index contributed by atoms with van der Waals surface area (Å²) in [6.07, 6.45) is 17.3. The van der Waals surface area contributed by atoms with Gasteiger partial charge in [0.05, 0.1) is 36.6 Å². The van der Waals surface area contributed by atoms with Crippen molar-refractivity contribution in [2.24, 2.45) is 0 Å². The Kier molecular flexibility index (Phi) is 19.6. The Morgan fingerprint density at radius 3 is 1.81 bits per heavy atom. The largest absolute Gasteiger partial charge is 0.455 e. The summed E-state index contributed by atoms with van der Waals surface area (Å²) in [4.78, 5) is 23.7. The molecule has 0 aromatic rings. The minimum atomic E-state index is -0.870. The first kappa shape index (κ1) is 37.9. The number of rotatable bonds is 26. The second kappa shape index (κ2) is 22.2. The maximum atomic E-state index is 12.1. The Morgan fingerprint density at radius 2 is 1.26 bits per heavy atom. The molecule has 0 amide bonds. The molecule has 0 radical (unpaired) electrons. The molecular formula is C35H62O8. The van der Waals surface area contributed by atoms with Crippen molar-refractivity contribution < 1.29 is 39.5 Å². The molecule has 0 saturated carbocycles. The number of aliphatic hydroxyl groups is 4. The lowest BCUT2D eigenvalue weighted by molar-refractivity contribution is -0.139. The number of ketones is 1. The number of aliphatic hydroxyl groups excluding tert-OH is 4. The van der Waals surface area contributed by atoms with Crippen molar-refractivity contribution in [3.63, 3.8) is 0 Å². The van der Waals surface area contributed by atoms with E-state index in [9.17, 15) is 30.0 Å². The van der Waals surface area contributed by atoms with E-state index < -0.39 is 24.4 Å². The van der Waals surface area contributed by atoms with Gasteiger partial charge in [0.2, 0.25) is 0 Å². The van der Waals surface area contributed by atoms with Crippen LogP contribution in [0.4, 0.5) is 0 Å². The first-order chi connectivity index (χ1) is 20.7. The first-order valence-corrected chi connectivity index (χ1v) is 17.5. The van der Waals surface area contributed by atoms with Crippen LogP contribution >= 0.6 is 0 Å². The van der Waals surface area contributed by atoms with Crippen molar-refractivity contribution in [3.05, 3.63) is 11.6 Å². The van der Waals surface area contributed by atoms with Gasteiger partial charge in [0.15, 0.2) is 0 Å². The van der Waals surface area contributed by atoms with E-state index in [-0.39, 0.29) is 30.1 Å². The summed E-state index contributed by atoms with van der Waals surface area (Å²) in [5.41, 5.74) is 0.570. The van der Waals surface area contributed by atoms with E-state index in [1.54, 1.807) is 13.0 Å². The number of carbonyl (C=O) groups is 2. The Balaban J connectivity index is 1.46. The first-order valence-electron chi connectivity index (χ1n) is 17.5. The molecule has 2 aliphatic heterocycles. The summed E-state index contributed by atoms with van der Waals surface area (Å²) in [5.74, 6) is -0.251.